The van der Waals surface area contributed by atoms with E-state index in [1.807, 2.05) is 0 Å². The maximum Gasteiger partial charge on any atom is 0.337 e. The van der Waals surface area contributed by atoms with Crippen LogP contribution in [0.4, 0.5) is 11.4 Å². The number of carbonyl (C=O) groups is 2. The lowest BCUT2D eigenvalue weighted by Crippen LogP contribution is -2.13. The number of esters is 1. The lowest BCUT2D eigenvalue weighted by molar-refractivity contribution is -0.384. The summed E-state index contributed by atoms with van der Waals surface area (Å²) in [7, 11) is 2.63. The molecule has 0 saturated carbocycles. The Morgan fingerprint density at radius 3 is 2.50 bits per heavy atom. The third kappa shape index (κ3) is 5.53. The van der Waals surface area contributed by atoms with Crippen molar-refractivity contribution in [2.45, 2.75) is 6.61 Å². The predicted octanol–water partition coefficient (Wildman–Crippen LogP) is 2.53. The van der Waals surface area contributed by atoms with Crippen molar-refractivity contribution >= 4 is 29.5 Å². The molecule has 0 spiro atoms. The SMILES string of the molecule is COC(=O)c1ccc(CO/N=C\C(=O)Nc2ccc([N+](=O)[O-])cc2OC)cc1. The van der Waals surface area contributed by atoms with Crippen LogP contribution in [0.25, 0.3) is 0 Å². The molecule has 2 aromatic rings. The van der Waals surface area contributed by atoms with Gasteiger partial charge in [0.25, 0.3) is 11.6 Å². The minimum atomic E-state index is -0.604. The summed E-state index contributed by atoms with van der Waals surface area (Å²) < 4.78 is 9.63. The van der Waals surface area contributed by atoms with Gasteiger partial charge in [0.1, 0.15) is 18.6 Å². The monoisotopic (exact) mass is 387 g/mol. The van der Waals surface area contributed by atoms with E-state index in [1.165, 1.54) is 32.4 Å². The normalized spacial score (nSPS) is 10.4. The number of nitrogens with zero attached hydrogens (tertiary/aromatic N) is 2. The van der Waals surface area contributed by atoms with Crippen molar-refractivity contribution in [2.75, 3.05) is 19.5 Å². The lowest BCUT2D eigenvalue weighted by atomic mass is 10.1. The standard InChI is InChI=1S/C18H17N3O7/c1-26-16-9-14(21(24)25)7-8-15(16)20-17(22)10-19-28-11-12-3-5-13(6-4-12)18(23)27-2/h3-10H,11H2,1-2H3,(H,20,22)/b19-10-. The summed E-state index contributed by atoms with van der Waals surface area (Å²) in [6.07, 6.45) is 0.920. The molecule has 0 radical (unpaired) electrons. The maximum atomic E-state index is 11.9. The molecule has 1 amide bonds. The molecule has 0 bridgehead atoms. The smallest absolute Gasteiger partial charge is 0.337 e. The number of nitro benzene ring substituents is 1. The third-order valence-corrected chi connectivity index (χ3v) is 3.50. The van der Waals surface area contributed by atoms with Crippen LogP contribution in [0.2, 0.25) is 0 Å². The molecule has 0 atom stereocenters. The second-order valence-electron chi connectivity index (χ2n) is 5.33. The van der Waals surface area contributed by atoms with Crippen molar-refractivity contribution in [3.8, 4) is 5.75 Å². The van der Waals surface area contributed by atoms with Crippen molar-refractivity contribution in [1.29, 1.82) is 0 Å². The van der Waals surface area contributed by atoms with Gasteiger partial charge in [-0.3, -0.25) is 14.9 Å². The first kappa shape index (κ1) is 20.4. The quantitative estimate of drug-likeness (QED) is 0.319. The Balaban J connectivity index is 1.88. The van der Waals surface area contributed by atoms with Gasteiger partial charge in [0.15, 0.2) is 0 Å². The van der Waals surface area contributed by atoms with Crippen LogP contribution in [-0.4, -0.2) is 37.2 Å². The molecular formula is C18H17N3O7. The highest BCUT2D eigenvalue weighted by Crippen LogP contribution is 2.28. The van der Waals surface area contributed by atoms with Crippen LogP contribution in [0.3, 0.4) is 0 Å². The molecule has 10 nitrogen and oxygen atoms in total. The van der Waals surface area contributed by atoms with Crippen LogP contribution in [0.5, 0.6) is 5.75 Å². The van der Waals surface area contributed by atoms with Crippen LogP contribution in [0.1, 0.15) is 15.9 Å². The topological polar surface area (TPSA) is 129 Å². The van der Waals surface area contributed by atoms with Crippen LogP contribution >= 0.6 is 0 Å². The number of rotatable bonds is 8. The van der Waals surface area contributed by atoms with E-state index in [0.717, 1.165) is 11.8 Å². The summed E-state index contributed by atoms with van der Waals surface area (Å²) in [5.41, 5.74) is 1.24. The minimum absolute atomic E-state index is 0.0894. The summed E-state index contributed by atoms with van der Waals surface area (Å²) in [6, 6.07) is 10.3. The molecule has 0 saturated heterocycles. The molecule has 2 rings (SSSR count). The molecule has 28 heavy (non-hydrogen) atoms. The zero-order chi connectivity index (χ0) is 20.5. The average molecular weight is 387 g/mol. The van der Waals surface area contributed by atoms with Crippen LogP contribution in [0.15, 0.2) is 47.6 Å². The molecule has 0 heterocycles. The summed E-state index contributed by atoms with van der Waals surface area (Å²) in [5, 5.41) is 16.8. The number of non-ortho nitro benzene ring substituents is 1. The summed E-state index contributed by atoms with van der Waals surface area (Å²) in [5.74, 6) is -0.903. The fourth-order valence-electron chi connectivity index (χ4n) is 2.11. The van der Waals surface area contributed by atoms with Crippen molar-refractivity contribution in [3.63, 3.8) is 0 Å². The first-order chi connectivity index (χ1) is 13.4. The van der Waals surface area contributed by atoms with E-state index in [2.05, 4.69) is 15.2 Å². The van der Waals surface area contributed by atoms with Gasteiger partial charge in [-0.1, -0.05) is 17.3 Å². The van der Waals surface area contributed by atoms with Gasteiger partial charge in [0.2, 0.25) is 0 Å². The van der Waals surface area contributed by atoms with E-state index in [0.29, 0.717) is 5.56 Å². The molecule has 1 N–H and O–H groups in total. The van der Waals surface area contributed by atoms with Crippen LogP contribution in [-0.2, 0) is 21.0 Å². The number of methoxy groups -OCH3 is 2. The Bertz CT molecular complexity index is 895. The highest BCUT2D eigenvalue weighted by Gasteiger charge is 2.12. The zero-order valence-electron chi connectivity index (χ0n) is 15.1. The fraction of sp³-hybridized carbons (Fsp3) is 0.167. The average Bonchev–Trinajstić information content (AvgIpc) is 2.71. The van der Waals surface area contributed by atoms with Crippen LogP contribution < -0.4 is 10.1 Å². The van der Waals surface area contributed by atoms with Gasteiger partial charge in [-0.2, -0.15) is 0 Å². The van der Waals surface area contributed by atoms with E-state index in [4.69, 9.17) is 9.57 Å². The van der Waals surface area contributed by atoms with Gasteiger partial charge in [-0.05, 0) is 23.8 Å². The molecule has 2 aromatic carbocycles. The molecule has 0 aliphatic rings. The number of amides is 1. The number of hydrogen-bond donors (Lipinski definition) is 1. The van der Waals surface area contributed by atoms with Gasteiger partial charge in [0.05, 0.1) is 36.5 Å². The summed E-state index contributed by atoms with van der Waals surface area (Å²) in [4.78, 5) is 38.5. The number of nitro groups is 1. The number of carbonyl (C=O) groups excluding carboxylic acids is 2. The zero-order valence-corrected chi connectivity index (χ0v) is 15.1. The summed E-state index contributed by atoms with van der Waals surface area (Å²) >= 11 is 0. The molecule has 0 fully saturated rings. The molecule has 146 valence electrons. The Labute approximate surface area is 159 Å². The number of anilines is 1. The molecule has 10 heteroatoms. The molecule has 0 aromatic heterocycles. The highest BCUT2D eigenvalue weighted by atomic mass is 16.6. The van der Waals surface area contributed by atoms with Gasteiger partial charge in [0, 0.05) is 6.07 Å². The van der Waals surface area contributed by atoms with Gasteiger partial charge < -0.3 is 19.6 Å². The van der Waals surface area contributed by atoms with E-state index < -0.39 is 16.8 Å². The number of benzene rings is 2. The number of ether oxygens (including phenoxy) is 2. The Morgan fingerprint density at radius 2 is 1.89 bits per heavy atom. The Morgan fingerprint density at radius 1 is 1.18 bits per heavy atom. The third-order valence-electron chi connectivity index (χ3n) is 3.50. The minimum Gasteiger partial charge on any atom is -0.494 e. The van der Waals surface area contributed by atoms with E-state index in [1.54, 1.807) is 24.3 Å². The second kappa shape index (κ2) is 9.67. The largest absolute Gasteiger partial charge is 0.494 e. The van der Waals surface area contributed by atoms with E-state index in [-0.39, 0.29) is 23.7 Å². The fourth-order valence-corrected chi connectivity index (χ4v) is 2.11. The van der Waals surface area contributed by atoms with Gasteiger partial charge in [-0.15, -0.1) is 0 Å². The first-order valence-corrected chi connectivity index (χ1v) is 7.90. The Hall–Kier alpha value is -3.95. The van der Waals surface area contributed by atoms with E-state index >= 15 is 0 Å². The molecule has 0 aliphatic heterocycles. The van der Waals surface area contributed by atoms with E-state index in [9.17, 15) is 19.7 Å². The van der Waals surface area contributed by atoms with Crippen molar-refractivity contribution in [1.82, 2.24) is 0 Å². The summed E-state index contributed by atoms with van der Waals surface area (Å²) in [6.45, 7) is 0.0894. The highest BCUT2D eigenvalue weighted by molar-refractivity contribution is 6.31. The van der Waals surface area contributed by atoms with Crippen molar-refractivity contribution < 1.29 is 28.8 Å². The van der Waals surface area contributed by atoms with Crippen molar-refractivity contribution in [2.24, 2.45) is 5.16 Å². The van der Waals surface area contributed by atoms with Gasteiger partial charge >= 0.3 is 5.97 Å². The lowest BCUT2D eigenvalue weighted by Gasteiger charge is -2.08. The second-order valence-corrected chi connectivity index (χ2v) is 5.33. The number of nitrogens with one attached hydrogen (secondary N) is 1. The van der Waals surface area contributed by atoms with Crippen molar-refractivity contribution in [3.05, 3.63) is 63.7 Å². The van der Waals surface area contributed by atoms with Gasteiger partial charge in [-0.25, -0.2) is 4.79 Å². The molecular weight excluding hydrogens is 370 g/mol. The first-order valence-electron chi connectivity index (χ1n) is 7.90. The Kier molecular flexibility index (Phi) is 7.03. The number of hydrogen-bond acceptors (Lipinski definition) is 8. The molecule has 0 aliphatic carbocycles. The maximum absolute atomic E-state index is 11.9. The van der Waals surface area contributed by atoms with Crippen LogP contribution in [0, 0.1) is 10.1 Å². The molecule has 0 unspecified atom stereocenters. The predicted molar refractivity (Wildman–Crippen MR) is 99.3 cm³/mol. The number of oxime groups is 1.